The van der Waals surface area contributed by atoms with Crippen molar-refractivity contribution in [3.05, 3.63) is 131 Å². The summed E-state index contributed by atoms with van der Waals surface area (Å²) in [6.45, 7) is 0. The zero-order chi connectivity index (χ0) is 21.5. The molecule has 31 heavy (non-hydrogen) atoms. The summed E-state index contributed by atoms with van der Waals surface area (Å²) in [5.74, 6) is 11.8. The van der Waals surface area contributed by atoms with Crippen LogP contribution in [0.1, 0.15) is 22.3 Å². The fourth-order valence-corrected chi connectivity index (χ4v) is 2.89. The summed E-state index contributed by atoms with van der Waals surface area (Å²) in [5, 5.41) is 3.41. The molecule has 0 saturated carbocycles. The molecule has 0 aliphatic heterocycles. The van der Waals surface area contributed by atoms with Gasteiger partial charge in [-0.2, -0.15) is 0 Å². The molecule has 0 aliphatic rings. The summed E-state index contributed by atoms with van der Waals surface area (Å²) in [6.07, 6.45) is 0. The first-order valence-electron chi connectivity index (χ1n) is 9.68. The molecule has 0 amide bonds. The summed E-state index contributed by atoms with van der Waals surface area (Å²) >= 11 is 0. The number of halogens is 2. The summed E-state index contributed by atoms with van der Waals surface area (Å²) in [7, 11) is 0. The zero-order valence-corrected chi connectivity index (χ0v) is 16.5. The fraction of sp³-hybridized carbons (Fsp3) is 0. The highest BCUT2D eigenvalue weighted by Gasteiger charge is 2.03. The Bertz CT molecular complexity index is 1210. The second-order valence-electron chi connectivity index (χ2n) is 6.73. The van der Waals surface area contributed by atoms with Gasteiger partial charge < -0.3 is 5.32 Å². The van der Waals surface area contributed by atoms with E-state index in [0.29, 0.717) is 0 Å². The first-order chi connectivity index (χ1) is 15.2. The molecule has 1 N–H and O–H groups in total. The fourth-order valence-electron chi connectivity index (χ4n) is 2.89. The molecule has 0 fully saturated rings. The Morgan fingerprint density at radius 3 is 1.26 bits per heavy atom. The maximum absolute atomic E-state index is 13.1. The van der Waals surface area contributed by atoms with Crippen LogP contribution in [0, 0.1) is 35.3 Å². The van der Waals surface area contributed by atoms with E-state index in [1.807, 2.05) is 48.5 Å². The SMILES string of the molecule is Fc1ccc(C#Cc2ccccc2Nc2ccccc2C#Cc2ccc(F)cc2)cc1. The van der Waals surface area contributed by atoms with Crippen LogP contribution in [0.2, 0.25) is 0 Å². The van der Waals surface area contributed by atoms with E-state index in [0.717, 1.165) is 33.6 Å². The molecule has 4 rings (SSSR count). The van der Waals surface area contributed by atoms with Gasteiger partial charge in [0.15, 0.2) is 0 Å². The third-order valence-corrected chi connectivity index (χ3v) is 4.49. The second-order valence-corrected chi connectivity index (χ2v) is 6.73. The maximum atomic E-state index is 13.1. The average Bonchev–Trinajstić information content (AvgIpc) is 2.80. The standard InChI is InChI=1S/C28H17F2N/c29-25-17-11-21(12-18-25)9-15-23-5-1-3-7-27(23)31-28-8-4-2-6-24(28)16-10-22-13-19-26(30)20-14-22/h1-8,11-14,17-20,31H. The quantitative estimate of drug-likeness (QED) is 0.375. The van der Waals surface area contributed by atoms with Gasteiger partial charge in [0, 0.05) is 22.3 Å². The molecule has 4 aromatic rings. The van der Waals surface area contributed by atoms with Crippen LogP contribution in [-0.2, 0) is 0 Å². The first kappa shape index (κ1) is 20.0. The number of rotatable bonds is 2. The third-order valence-electron chi connectivity index (χ3n) is 4.49. The number of anilines is 2. The second kappa shape index (κ2) is 9.44. The minimum atomic E-state index is -0.286. The molecule has 0 aliphatic carbocycles. The Hall–Kier alpha value is -4.34. The van der Waals surface area contributed by atoms with Crippen molar-refractivity contribution in [1.82, 2.24) is 0 Å². The molecule has 0 radical (unpaired) electrons. The van der Waals surface area contributed by atoms with Gasteiger partial charge in [-0.05, 0) is 72.8 Å². The molecule has 1 nitrogen and oxygen atoms in total. The van der Waals surface area contributed by atoms with E-state index in [4.69, 9.17) is 0 Å². The van der Waals surface area contributed by atoms with Crippen molar-refractivity contribution >= 4 is 11.4 Å². The van der Waals surface area contributed by atoms with E-state index in [9.17, 15) is 8.78 Å². The number of hydrogen-bond donors (Lipinski definition) is 1. The Balaban J connectivity index is 1.61. The molecule has 4 aromatic carbocycles. The Labute approximate surface area is 180 Å². The normalized spacial score (nSPS) is 9.74. The molecule has 3 heteroatoms. The topological polar surface area (TPSA) is 12.0 Å². The van der Waals surface area contributed by atoms with Crippen LogP contribution in [0.3, 0.4) is 0 Å². The molecule has 0 atom stereocenters. The molecule has 0 unspecified atom stereocenters. The van der Waals surface area contributed by atoms with E-state index in [-0.39, 0.29) is 11.6 Å². The van der Waals surface area contributed by atoms with Gasteiger partial charge >= 0.3 is 0 Å². The largest absolute Gasteiger partial charge is 0.353 e. The van der Waals surface area contributed by atoms with Gasteiger partial charge in [0.1, 0.15) is 11.6 Å². The third kappa shape index (κ3) is 5.38. The number of nitrogens with one attached hydrogen (secondary N) is 1. The minimum absolute atomic E-state index is 0.286. The summed E-state index contributed by atoms with van der Waals surface area (Å²) in [6, 6.07) is 27.6. The number of hydrogen-bond acceptors (Lipinski definition) is 1. The Morgan fingerprint density at radius 1 is 0.452 bits per heavy atom. The van der Waals surface area contributed by atoms with Crippen LogP contribution < -0.4 is 5.32 Å². The molecule has 0 heterocycles. The highest BCUT2D eigenvalue weighted by atomic mass is 19.1. The van der Waals surface area contributed by atoms with E-state index >= 15 is 0 Å². The van der Waals surface area contributed by atoms with Crippen LogP contribution in [0.15, 0.2) is 97.1 Å². The molecule has 0 spiro atoms. The van der Waals surface area contributed by atoms with Crippen molar-refractivity contribution in [2.75, 3.05) is 5.32 Å². The number of benzene rings is 4. The predicted molar refractivity (Wildman–Crippen MR) is 121 cm³/mol. The van der Waals surface area contributed by atoms with E-state index in [1.165, 1.54) is 24.3 Å². The van der Waals surface area contributed by atoms with E-state index in [2.05, 4.69) is 29.0 Å². The number of para-hydroxylation sites is 2. The molecular weight excluding hydrogens is 388 g/mol. The maximum Gasteiger partial charge on any atom is 0.123 e. The monoisotopic (exact) mass is 405 g/mol. The molecule has 0 saturated heterocycles. The first-order valence-corrected chi connectivity index (χ1v) is 9.68. The highest BCUT2D eigenvalue weighted by molar-refractivity contribution is 5.72. The summed E-state index contributed by atoms with van der Waals surface area (Å²) in [4.78, 5) is 0. The Kier molecular flexibility index (Phi) is 6.08. The Morgan fingerprint density at radius 2 is 0.839 bits per heavy atom. The van der Waals surface area contributed by atoms with Gasteiger partial charge in [-0.15, -0.1) is 0 Å². The lowest BCUT2D eigenvalue weighted by Crippen LogP contribution is -1.96. The van der Waals surface area contributed by atoms with Gasteiger partial charge in [-0.1, -0.05) is 47.9 Å². The lowest BCUT2D eigenvalue weighted by molar-refractivity contribution is 0.627. The van der Waals surface area contributed by atoms with E-state index < -0.39 is 0 Å². The van der Waals surface area contributed by atoms with Gasteiger partial charge in [0.05, 0.1) is 11.4 Å². The summed E-state index contributed by atoms with van der Waals surface area (Å²) < 4.78 is 26.2. The lowest BCUT2D eigenvalue weighted by Gasteiger charge is -2.10. The molecule has 148 valence electrons. The molecule has 0 aromatic heterocycles. The lowest BCUT2D eigenvalue weighted by atomic mass is 10.1. The van der Waals surface area contributed by atoms with Gasteiger partial charge in [0.25, 0.3) is 0 Å². The van der Waals surface area contributed by atoms with Crippen molar-refractivity contribution in [1.29, 1.82) is 0 Å². The van der Waals surface area contributed by atoms with Crippen molar-refractivity contribution in [2.45, 2.75) is 0 Å². The average molecular weight is 405 g/mol. The van der Waals surface area contributed by atoms with Crippen LogP contribution in [0.5, 0.6) is 0 Å². The van der Waals surface area contributed by atoms with Crippen molar-refractivity contribution in [3.63, 3.8) is 0 Å². The summed E-state index contributed by atoms with van der Waals surface area (Å²) in [5.41, 5.74) is 4.78. The van der Waals surface area contributed by atoms with Crippen LogP contribution in [-0.4, -0.2) is 0 Å². The highest BCUT2D eigenvalue weighted by Crippen LogP contribution is 2.23. The van der Waals surface area contributed by atoms with Gasteiger partial charge in [-0.3, -0.25) is 0 Å². The van der Waals surface area contributed by atoms with Gasteiger partial charge in [0.2, 0.25) is 0 Å². The van der Waals surface area contributed by atoms with E-state index in [1.54, 1.807) is 24.3 Å². The van der Waals surface area contributed by atoms with Crippen molar-refractivity contribution < 1.29 is 8.78 Å². The van der Waals surface area contributed by atoms with Crippen LogP contribution >= 0.6 is 0 Å². The van der Waals surface area contributed by atoms with Crippen LogP contribution in [0.25, 0.3) is 0 Å². The predicted octanol–water partition coefficient (Wildman–Crippen LogP) is 6.51. The van der Waals surface area contributed by atoms with Crippen molar-refractivity contribution in [2.24, 2.45) is 0 Å². The zero-order valence-electron chi connectivity index (χ0n) is 16.5. The molecular formula is C28H17F2N. The smallest absolute Gasteiger partial charge is 0.123 e. The molecule has 0 bridgehead atoms. The van der Waals surface area contributed by atoms with Crippen LogP contribution in [0.4, 0.5) is 20.2 Å². The van der Waals surface area contributed by atoms with Crippen molar-refractivity contribution in [3.8, 4) is 23.7 Å². The minimum Gasteiger partial charge on any atom is -0.353 e. The van der Waals surface area contributed by atoms with Gasteiger partial charge in [-0.25, -0.2) is 8.78 Å².